The Bertz CT molecular complexity index is 770. The Morgan fingerprint density at radius 3 is 1.89 bits per heavy atom. The van der Waals surface area contributed by atoms with Gasteiger partial charge in [0.1, 0.15) is 5.78 Å². The molecule has 0 aliphatic carbocycles. The molecule has 0 spiro atoms. The number of nitrogens with two attached hydrogens (primary N) is 1. The molecule has 0 saturated carbocycles. The molecule has 0 aliphatic heterocycles. The van der Waals surface area contributed by atoms with Gasteiger partial charge in [-0.25, -0.2) is 0 Å². The Kier molecular flexibility index (Phi) is 16.3. The topological polar surface area (TPSA) is 43.1 Å². The second-order valence-corrected chi connectivity index (χ2v) is 10.7. The molecule has 0 amide bonds. The molecular weight excluding hydrogens is 426 g/mol. The zero-order valence-electron chi connectivity index (χ0n) is 23.4. The van der Waals surface area contributed by atoms with Crippen LogP contribution in [-0.4, -0.2) is 11.8 Å². The summed E-state index contributed by atoms with van der Waals surface area (Å²) in [6.45, 7) is 10.8. The number of hydrogen-bond donors (Lipinski definition) is 1. The van der Waals surface area contributed by atoms with Crippen LogP contribution in [0.15, 0.2) is 60.7 Å². The number of Topliss-reactive ketones (excluding diaryl/α,β-unsaturated/α-hetero) is 1. The van der Waals surface area contributed by atoms with E-state index in [2.05, 4.69) is 58.0 Å². The lowest BCUT2D eigenvalue weighted by Gasteiger charge is -2.34. The molecular formula is C33H53NO. The Labute approximate surface area is 217 Å². The van der Waals surface area contributed by atoms with E-state index in [0.717, 1.165) is 11.5 Å². The van der Waals surface area contributed by atoms with Crippen molar-refractivity contribution >= 4 is 5.78 Å². The summed E-state index contributed by atoms with van der Waals surface area (Å²) in [5.41, 5.74) is 9.06. The molecule has 0 fully saturated rings. The van der Waals surface area contributed by atoms with Gasteiger partial charge < -0.3 is 5.73 Å². The second-order valence-electron chi connectivity index (χ2n) is 10.7. The third-order valence-corrected chi connectivity index (χ3v) is 7.46. The number of ketones is 1. The molecule has 2 nitrogen and oxygen atoms in total. The average Bonchev–Trinajstić information content (AvgIpc) is 2.85. The van der Waals surface area contributed by atoms with Crippen LogP contribution < -0.4 is 5.73 Å². The van der Waals surface area contributed by atoms with Crippen LogP contribution in [0, 0.1) is 11.3 Å². The zero-order valence-corrected chi connectivity index (χ0v) is 23.4. The number of unbranched alkanes of at least 4 members (excludes halogenated alkanes) is 1. The highest BCUT2D eigenvalue weighted by Gasteiger charge is 2.27. The predicted molar refractivity (Wildman–Crippen MR) is 154 cm³/mol. The smallest absolute Gasteiger partial charge is 0.134 e. The molecule has 2 rings (SSSR count). The molecule has 2 N–H and O–H groups in total. The first-order valence-electron chi connectivity index (χ1n) is 14.2. The van der Waals surface area contributed by atoms with Crippen LogP contribution >= 0.6 is 0 Å². The van der Waals surface area contributed by atoms with Crippen molar-refractivity contribution < 1.29 is 4.79 Å². The van der Waals surface area contributed by atoms with Gasteiger partial charge in [0.25, 0.3) is 0 Å². The van der Waals surface area contributed by atoms with E-state index >= 15 is 0 Å². The Morgan fingerprint density at radius 1 is 0.829 bits per heavy atom. The minimum absolute atomic E-state index is 0.214. The van der Waals surface area contributed by atoms with Crippen molar-refractivity contribution in [2.75, 3.05) is 0 Å². The average molecular weight is 480 g/mol. The van der Waals surface area contributed by atoms with Crippen LogP contribution in [0.25, 0.3) is 0 Å². The largest absolute Gasteiger partial charge is 0.328 e. The van der Waals surface area contributed by atoms with Gasteiger partial charge in [0, 0.05) is 12.5 Å². The molecule has 3 unspecified atom stereocenters. The van der Waals surface area contributed by atoms with Gasteiger partial charge in [-0.05, 0) is 68.4 Å². The zero-order chi connectivity index (χ0) is 25.9. The monoisotopic (exact) mass is 479 g/mol. The fourth-order valence-corrected chi connectivity index (χ4v) is 5.06. The first kappa shape index (κ1) is 31.1. The van der Waals surface area contributed by atoms with Crippen molar-refractivity contribution in [3.05, 3.63) is 71.8 Å². The molecule has 2 aromatic carbocycles. The maximum atomic E-state index is 10.6. The van der Waals surface area contributed by atoms with Gasteiger partial charge in [0.15, 0.2) is 0 Å². The van der Waals surface area contributed by atoms with Gasteiger partial charge in [0.05, 0.1) is 0 Å². The fourth-order valence-electron chi connectivity index (χ4n) is 5.06. The molecule has 0 radical (unpaired) electrons. The van der Waals surface area contributed by atoms with Gasteiger partial charge in [-0.1, -0.05) is 120 Å². The molecule has 0 saturated heterocycles. The van der Waals surface area contributed by atoms with Crippen LogP contribution in [0.1, 0.15) is 110 Å². The van der Waals surface area contributed by atoms with Crippen LogP contribution in [0.2, 0.25) is 0 Å². The maximum Gasteiger partial charge on any atom is 0.134 e. The summed E-state index contributed by atoms with van der Waals surface area (Å²) >= 11 is 0. The highest BCUT2D eigenvalue weighted by molar-refractivity contribution is 5.78. The molecule has 0 aliphatic rings. The van der Waals surface area contributed by atoms with Crippen molar-refractivity contribution in [2.24, 2.45) is 17.1 Å². The Morgan fingerprint density at radius 2 is 1.40 bits per heavy atom. The summed E-state index contributed by atoms with van der Waals surface area (Å²) < 4.78 is 0. The minimum atomic E-state index is 0.214. The minimum Gasteiger partial charge on any atom is -0.328 e. The molecule has 2 aromatic rings. The van der Waals surface area contributed by atoms with E-state index in [9.17, 15) is 4.79 Å². The van der Waals surface area contributed by atoms with Crippen LogP contribution in [0.4, 0.5) is 0 Å². The van der Waals surface area contributed by atoms with E-state index < -0.39 is 0 Å². The van der Waals surface area contributed by atoms with Crippen molar-refractivity contribution in [3.63, 3.8) is 0 Å². The van der Waals surface area contributed by atoms with E-state index in [1.54, 1.807) is 6.92 Å². The SMILES string of the molecule is CC(=O)Cc1ccccc1.CCCCC(CC)(CCCC(CC)CCC(C)N)Cc1ccccc1. The first-order valence-corrected chi connectivity index (χ1v) is 14.2. The van der Waals surface area contributed by atoms with Crippen molar-refractivity contribution in [1.29, 1.82) is 0 Å². The van der Waals surface area contributed by atoms with E-state index in [0.29, 0.717) is 17.9 Å². The summed E-state index contributed by atoms with van der Waals surface area (Å²) in [6, 6.07) is 21.2. The van der Waals surface area contributed by atoms with Crippen LogP contribution in [0.3, 0.4) is 0 Å². The molecule has 0 aromatic heterocycles. The normalized spacial score (nSPS) is 14.3. The van der Waals surface area contributed by atoms with E-state index in [1.807, 2.05) is 30.3 Å². The standard InChI is InChI=1S/C24H43N.C9H10O/c1-5-8-18-24(7-3,20-23-13-10-9-11-14-23)19-12-15-22(6-2)17-16-21(4)25;1-8(10)7-9-5-3-2-4-6-9/h9-11,13-14,21-22H,5-8,12,15-20,25H2,1-4H3;2-6H,7H2,1H3. The summed E-state index contributed by atoms with van der Waals surface area (Å²) in [5.74, 6) is 1.08. The lowest BCUT2D eigenvalue weighted by Crippen LogP contribution is -2.23. The lowest BCUT2D eigenvalue weighted by atomic mass is 9.71. The quantitative estimate of drug-likeness (QED) is 0.261. The number of carbonyl (C=O) groups excluding carboxylic acids is 1. The summed E-state index contributed by atoms with van der Waals surface area (Å²) in [6.07, 6.45) is 15.1. The highest BCUT2D eigenvalue weighted by atomic mass is 16.1. The molecule has 2 heteroatoms. The number of benzene rings is 2. The number of hydrogen-bond acceptors (Lipinski definition) is 2. The molecule has 3 atom stereocenters. The Balaban J connectivity index is 0.000000507. The second kappa shape index (κ2) is 18.4. The molecule has 196 valence electrons. The number of carbonyl (C=O) groups is 1. The fraction of sp³-hybridized carbons (Fsp3) is 0.606. The van der Waals surface area contributed by atoms with Gasteiger partial charge >= 0.3 is 0 Å². The summed E-state index contributed by atoms with van der Waals surface area (Å²) in [7, 11) is 0. The first-order chi connectivity index (χ1) is 16.8. The van der Waals surface area contributed by atoms with Gasteiger partial charge in [-0.15, -0.1) is 0 Å². The third-order valence-electron chi connectivity index (χ3n) is 7.46. The molecule has 0 heterocycles. The van der Waals surface area contributed by atoms with Crippen molar-refractivity contribution in [1.82, 2.24) is 0 Å². The van der Waals surface area contributed by atoms with Crippen molar-refractivity contribution in [2.45, 2.75) is 118 Å². The van der Waals surface area contributed by atoms with E-state index in [-0.39, 0.29) is 5.78 Å². The van der Waals surface area contributed by atoms with Gasteiger partial charge in [-0.2, -0.15) is 0 Å². The molecule has 0 bridgehead atoms. The Hall–Kier alpha value is -1.93. The van der Waals surface area contributed by atoms with Crippen LogP contribution in [0.5, 0.6) is 0 Å². The maximum absolute atomic E-state index is 10.6. The highest BCUT2D eigenvalue weighted by Crippen LogP contribution is 2.39. The summed E-state index contributed by atoms with van der Waals surface area (Å²) in [5, 5.41) is 0. The van der Waals surface area contributed by atoms with Gasteiger partial charge in [0.2, 0.25) is 0 Å². The summed E-state index contributed by atoms with van der Waals surface area (Å²) in [4.78, 5) is 10.6. The van der Waals surface area contributed by atoms with Gasteiger partial charge in [-0.3, -0.25) is 4.79 Å². The third kappa shape index (κ3) is 14.3. The van der Waals surface area contributed by atoms with E-state index in [1.165, 1.54) is 76.2 Å². The van der Waals surface area contributed by atoms with Crippen LogP contribution in [-0.2, 0) is 17.6 Å². The predicted octanol–water partition coefficient (Wildman–Crippen LogP) is 8.96. The number of rotatable bonds is 16. The molecule has 35 heavy (non-hydrogen) atoms. The van der Waals surface area contributed by atoms with Crippen molar-refractivity contribution in [3.8, 4) is 0 Å². The lowest BCUT2D eigenvalue weighted by molar-refractivity contribution is -0.116. The van der Waals surface area contributed by atoms with E-state index in [4.69, 9.17) is 5.73 Å².